The van der Waals surface area contributed by atoms with Crippen LogP contribution >= 0.6 is 35.3 Å². The van der Waals surface area contributed by atoms with Crippen molar-refractivity contribution in [3.05, 3.63) is 214 Å². The van der Waals surface area contributed by atoms with Crippen molar-refractivity contribution in [3.63, 3.8) is 0 Å². The summed E-state index contributed by atoms with van der Waals surface area (Å²) in [4.78, 5) is 125. The number of nitrogens with two attached hydrogens (primary N) is 3. The third-order valence-corrected chi connectivity index (χ3v) is 30.8. The summed E-state index contributed by atoms with van der Waals surface area (Å²) in [7, 11) is 0. The van der Waals surface area contributed by atoms with Gasteiger partial charge in [-0.15, -0.1) is 23.5 Å². The number of carbonyl (C=O) groups is 9. The molecule has 6 aromatic carbocycles. The maximum absolute atomic E-state index is 15.1. The predicted octanol–water partition coefficient (Wildman–Crippen LogP) is 18.3. The van der Waals surface area contributed by atoms with Crippen LogP contribution in [0.5, 0.6) is 0 Å². The third-order valence-electron chi connectivity index (χ3n) is 27.8. The quantitative estimate of drug-likeness (QED) is 0.0159. The number of imide groups is 3. The van der Waals surface area contributed by atoms with Crippen molar-refractivity contribution in [2.45, 2.75) is 223 Å². The van der Waals surface area contributed by atoms with Crippen LogP contribution in [0.2, 0.25) is 0 Å². The number of halogens is 6. The molecule has 3 heterocycles. The summed E-state index contributed by atoms with van der Waals surface area (Å²) >= 11 is 4.23. The Morgan fingerprint density at radius 3 is 1.07 bits per heavy atom. The molecule has 3 saturated carbocycles. The first-order valence-electron chi connectivity index (χ1n) is 47.5. The van der Waals surface area contributed by atoms with Crippen LogP contribution in [0, 0.1) is 110 Å². The van der Waals surface area contributed by atoms with Gasteiger partial charge in [-0.25, -0.2) is 26.3 Å². The van der Waals surface area contributed by atoms with Crippen LogP contribution < -0.4 is 17.2 Å². The van der Waals surface area contributed by atoms with Gasteiger partial charge < -0.3 is 37.0 Å². The highest BCUT2D eigenvalue weighted by atomic mass is 32.2. The molecule has 6 aromatic rings. The van der Waals surface area contributed by atoms with E-state index in [0.29, 0.717) is 119 Å². The van der Waals surface area contributed by atoms with E-state index in [-0.39, 0.29) is 222 Å². The molecule has 7 N–H and O–H groups in total. The Kier molecular flexibility index (Phi) is 41.0. The fourth-order valence-corrected chi connectivity index (χ4v) is 24.7. The number of thioether (sulfide) groups is 3. The molecule has 9 amide bonds. The minimum Gasteiger partial charge on any atom is -0.387 e. The monoisotopic (exact) mass is 1910 g/mol. The van der Waals surface area contributed by atoms with E-state index in [9.17, 15) is 61.4 Å². The van der Waals surface area contributed by atoms with E-state index in [1.165, 1.54) is 97.5 Å². The van der Waals surface area contributed by atoms with Gasteiger partial charge in [0.25, 0.3) is 0 Å². The Bertz CT molecular complexity index is 4890. The minimum absolute atomic E-state index is 0. The number of benzene rings is 6. The fraction of sp³-hybridized carbons (Fsp3) is 0.575. The summed E-state index contributed by atoms with van der Waals surface area (Å²) in [5.74, 6) is -3.20. The topological polar surface area (TPSA) is 271 Å². The number of rotatable bonds is 39. The Morgan fingerprint density at radius 1 is 0.433 bits per heavy atom. The zero-order valence-electron chi connectivity index (χ0n) is 79.6. The van der Waals surface area contributed by atoms with E-state index in [2.05, 4.69) is 98.7 Å². The van der Waals surface area contributed by atoms with E-state index in [1.54, 1.807) is 25.7 Å². The second-order valence-corrected chi connectivity index (χ2v) is 44.0. The van der Waals surface area contributed by atoms with Gasteiger partial charge in [0.1, 0.15) is 41.5 Å². The number of amides is 9. The van der Waals surface area contributed by atoms with Gasteiger partial charge in [0, 0.05) is 87.1 Å². The lowest BCUT2D eigenvalue weighted by atomic mass is 9.72. The number of hydrogen-bond acceptors (Lipinski definition) is 16. The Morgan fingerprint density at radius 2 is 0.761 bits per heavy atom. The highest BCUT2D eigenvalue weighted by Gasteiger charge is 2.52. The van der Waals surface area contributed by atoms with Gasteiger partial charge in [-0.05, 0) is 266 Å². The summed E-state index contributed by atoms with van der Waals surface area (Å²) in [6.07, 6.45) is 8.83. The zero-order chi connectivity index (χ0) is 96.9. The lowest BCUT2D eigenvalue weighted by Crippen LogP contribution is -2.55. The van der Waals surface area contributed by atoms with Crippen LogP contribution in [-0.4, -0.2) is 193 Å². The molecule has 19 nitrogen and oxygen atoms in total. The predicted molar refractivity (Wildman–Crippen MR) is 523 cm³/mol. The highest BCUT2D eigenvalue weighted by molar-refractivity contribution is 8.00. The molecule has 734 valence electrons. The average molecular weight is 1920 g/mol. The third kappa shape index (κ3) is 29.1. The van der Waals surface area contributed by atoms with Crippen LogP contribution in [0.1, 0.15) is 219 Å². The molecular formula is C106H145F6N9O10S3. The maximum atomic E-state index is 15.1. The van der Waals surface area contributed by atoms with Crippen molar-refractivity contribution in [3.8, 4) is 0 Å². The summed E-state index contributed by atoms with van der Waals surface area (Å²) < 4.78 is 88.1. The van der Waals surface area contributed by atoms with Crippen molar-refractivity contribution in [2.24, 2.45) is 92.6 Å². The first kappa shape index (κ1) is 109. The van der Waals surface area contributed by atoms with Gasteiger partial charge in [0.2, 0.25) is 53.2 Å². The first-order chi connectivity index (χ1) is 63.1. The largest absolute Gasteiger partial charge is 0.387 e. The average Bonchev–Trinajstić information content (AvgIpc) is 1.60. The van der Waals surface area contributed by atoms with E-state index in [0.717, 1.165) is 43.0 Å². The molecule has 6 fully saturated rings. The second kappa shape index (κ2) is 50.3. The summed E-state index contributed by atoms with van der Waals surface area (Å²) in [5, 5.41) is 10.1. The van der Waals surface area contributed by atoms with Crippen molar-refractivity contribution < 1.29 is 74.6 Å². The normalized spacial score (nSPS) is 22.9. The number of carbonyl (C=O) groups excluding carboxylic acids is 9. The number of hydrogen-bond donors (Lipinski definition) is 4. The Labute approximate surface area is 803 Å². The molecule has 0 spiro atoms. The Balaban J connectivity index is 0.000000225. The number of aliphatic hydroxyl groups excluding tert-OH is 1. The number of nitrogens with zero attached hydrogens (tertiary/aromatic N) is 6. The molecule has 28 heteroatoms. The summed E-state index contributed by atoms with van der Waals surface area (Å²) in [6, 6.07) is 40.9. The van der Waals surface area contributed by atoms with E-state index in [4.69, 9.17) is 17.2 Å². The van der Waals surface area contributed by atoms with Gasteiger partial charge in [0.15, 0.2) is 0 Å². The zero-order valence-corrected chi connectivity index (χ0v) is 82.1. The second-order valence-electron chi connectivity index (χ2n) is 40.9. The summed E-state index contributed by atoms with van der Waals surface area (Å²) in [5.41, 5.74) is 21.8. The van der Waals surface area contributed by atoms with Crippen LogP contribution in [-0.2, 0) is 62.4 Å². The van der Waals surface area contributed by atoms with Crippen molar-refractivity contribution in [2.75, 3.05) is 87.2 Å². The number of aliphatic hydroxyl groups is 1. The molecule has 134 heavy (non-hydrogen) atoms. The smallest absolute Gasteiger partial charge is 0.248 e. The molecule has 12 rings (SSSR count). The molecule has 3 aliphatic carbocycles. The number of likely N-dealkylation sites (tertiary alicyclic amines) is 3. The highest BCUT2D eigenvalue weighted by Crippen LogP contribution is 2.55. The van der Waals surface area contributed by atoms with E-state index in [1.807, 2.05) is 64.4 Å². The SMILES string of the molecule is C.CC1CC(=O)N(CCCSCC(=O)N(CCCN)[C@@H](C2CC(c3cc(F)ccc3F)CC2Cc2ccccc2)C(C)(C)C)C1=O.CC1CC(=O)N(CSCC(=O)N(CCCN)[C@@H](C2CC(c3cc(F)ccc3F)CC2Cc2ccccc2)C(C)(C)C)C1=O.CC1CC(=O)N(CSCC(CN)CN(C(=O)CO)[C@@H](C2CC(c3cc(F)ccc3F)CC2Cc2ccccc2)C(C)(C)C)C1=O. The lowest BCUT2D eigenvalue weighted by molar-refractivity contribution is -0.142. The van der Waals surface area contributed by atoms with Crippen LogP contribution in [0.15, 0.2) is 146 Å². The lowest BCUT2D eigenvalue weighted by Gasteiger charge is -2.46. The van der Waals surface area contributed by atoms with Gasteiger partial charge >= 0.3 is 0 Å². The molecule has 3 saturated heterocycles. The van der Waals surface area contributed by atoms with Crippen LogP contribution in [0.25, 0.3) is 0 Å². The van der Waals surface area contributed by atoms with Crippen molar-refractivity contribution in [1.82, 2.24) is 29.4 Å². The van der Waals surface area contributed by atoms with Crippen molar-refractivity contribution >= 4 is 88.5 Å². The van der Waals surface area contributed by atoms with Crippen LogP contribution in [0.4, 0.5) is 26.3 Å². The molecule has 6 aliphatic rings. The fourth-order valence-electron chi connectivity index (χ4n) is 21.9. The van der Waals surface area contributed by atoms with Gasteiger partial charge in [-0.1, -0.05) is 182 Å². The Hall–Kier alpha value is -8.38. The molecule has 0 bridgehead atoms. The van der Waals surface area contributed by atoms with Gasteiger partial charge in [-0.3, -0.25) is 57.9 Å². The van der Waals surface area contributed by atoms with E-state index < -0.39 is 47.0 Å². The van der Waals surface area contributed by atoms with Crippen molar-refractivity contribution in [1.29, 1.82) is 0 Å². The van der Waals surface area contributed by atoms with Gasteiger partial charge in [0.05, 0.1) is 23.3 Å². The molecule has 0 aromatic heterocycles. The standard InChI is InChI=1S/C36H49F2N3O3S.C35H47F2N3O4S.C34H45F2N3O3S.CH4/c1-24-18-32(42)41(35(24)44)16-9-17-45-23-33(43)40(15-8-14-39)34(36(2,3)4)30-21-27(29-22-28(37)12-13-31(29)38)20-26(30)19-25-10-6-5-7-11-25;1-22-12-31(42)40(34(22)44)21-45-20-24(17-38)18-39(32(43)19-41)33(35(2,3)4)29-15-26(28-16-27(36)10-11-30(28)37)14-25(29)13-23-8-6-5-7-9-23;1-22-15-30(40)39(33(22)42)21-43-20-31(41)38(14-8-13-37)32(34(2,3)4)28-18-25(27-19-26(35)11-12-29(27)36)17-24(28)16-23-9-6-5-7-10-23;/h5-7,10-13,22,24,26-27,30,34H,8-9,14-21,23,39H2,1-4H3;5-11,16,22,24-26,29,33,41H,12-15,17-21,38H2,1-4H3;5-7,9-12,19,22,24-25,28,32H,8,13-18,20-21,37H2,1-4H3;1H4/t24?,26?,27?,30?,34-;22?,24?,25?,26?,29?,33-;22?,24?,25?,28?,32-;/m000./s1. The molecular weight excluding hydrogens is 1770 g/mol. The minimum atomic E-state index is -0.663. The molecule has 16 atom stereocenters. The van der Waals surface area contributed by atoms with Crippen LogP contribution in [0.3, 0.4) is 0 Å². The molecule has 13 unspecified atom stereocenters. The molecule has 3 aliphatic heterocycles. The van der Waals surface area contributed by atoms with E-state index >= 15 is 13.2 Å². The molecule has 0 radical (unpaired) electrons. The summed E-state index contributed by atoms with van der Waals surface area (Å²) in [6.45, 7) is 26.5. The van der Waals surface area contributed by atoms with Gasteiger partial charge in [-0.2, -0.15) is 11.8 Å². The maximum Gasteiger partial charge on any atom is 0.248 e. The first-order valence-corrected chi connectivity index (χ1v) is 50.9.